The zero-order chi connectivity index (χ0) is 18.2. The number of methoxy groups -OCH3 is 1. The SMILES string of the molecule is COc1ccc(CNC(=O)/C(C#N)=C\Nc2cc(Cl)ccc2C)cc1. The fourth-order valence-electron chi connectivity index (χ4n) is 2.07. The molecule has 25 heavy (non-hydrogen) atoms. The normalized spacial score (nSPS) is 10.7. The van der Waals surface area contributed by atoms with E-state index in [-0.39, 0.29) is 5.57 Å². The Morgan fingerprint density at radius 3 is 2.64 bits per heavy atom. The smallest absolute Gasteiger partial charge is 0.263 e. The fourth-order valence-corrected chi connectivity index (χ4v) is 2.24. The van der Waals surface area contributed by atoms with E-state index in [2.05, 4.69) is 10.6 Å². The molecule has 0 saturated carbocycles. The maximum atomic E-state index is 12.2. The van der Waals surface area contributed by atoms with Crippen molar-refractivity contribution in [2.24, 2.45) is 0 Å². The summed E-state index contributed by atoms with van der Waals surface area (Å²) in [6.07, 6.45) is 1.38. The van der Waals surface area contributed by atoms with Crippen LogP contribution in [-0.4, -0.2) is 13.0 Å². The number of anilines is 1. The topological polar surface area (TPSA) is 74.1 Å². The number of nitrogens with one attached hydrogen (secondary N) is 2. The second kappa shape index (κ2) is 8.76. The van der Waals surface area contributed by atoms with Crippen molar-refractivity contribution >= 4 is 23.2 Å². The predicted octanol–water partition coefficient (Wildman–Crippen LogP) is 3.79. The van der Waals surface area contributed by atoms with Crippen LogP contribution in [-0.2, 0) is 11.3 Å². The van der Waals surface area contributed by atoms with Gasteiger partial charge in [0, 0.05) is 23.5 Å². The van der Waals surface area contributed by atoms with Gasteiger partial charge in [0.05, 0.1) is 7.11 Å². The van der Waals surface area contributed by atoms with Crippen molar-refractivity contribution in [1.82, 2.24) is 5.32 Å². The molecule has 0 aliphatic carbocycles. The number of halogens is 1. The van der Waals surface area contributed by atoms with E-state index in [1.54, 1.807) is 19.2 Å². The largest absolute Gasteiger partial charge is 0.497 e. The lowest BCUT2D eigenvalue weighted by atomic mass is 10.2. The first-order chi connectivity index (χ1) is 12.0. The molecule has 6 heteroatoms. The third-order valence-corrected chi connectivity index (χ3v) is 3.78. The van der Waals surface area contributed by atoms with Gasteiger partial charge >= 0.3 is 0 Å². The van der Waals surface area contributed by atoms with Crippen LogP contribution in [0.5, 0.6) is 5.75 Å². The molecule has 0 radical (unpaired) electrons. The molecule has 0 atom stereocenters. The molecule has 0 aliphatic rings. The molecule has 128 valence electrons. The zero-order valence-corrected chi connectivity index (χ0v) is 14.7. The van der Waals surface area contributed by atoms with Crippen molar-refractivity contribution in [3.8, 4) is 11.8 Å². The van der Waals surface area contributed by atoms with Gasteiger partial charge in [0.2, 0.25) is 0 Å². The quantitative estimate of drug-likeness (QED) is 0.610. The van der Waals surface area contributed by atoms with E-state index in [1.165, 1.54) is 6.20 Å². The molecule has 2 N–H and O–H groups in total. The highest BCUT2D eigenvalue weighted by atomic mass is 35.5. The second-order valence-corrected chi connectivity index (χ2v) is 5.74. The number of amides is 1. The molecule has 0 aliphatic heterocycles. The van der Waals surface area contributed by atoms with E-state index in [4.69, 9.17) is 16.3 Å². The lowest BCUT2D eigenvalue weighted by Crippen LogP contribution is -2.24. The summed E-state index contributed by atoms with van der Waals surface area (Å²) < 4.78 is 5.09. The number of hydrogen-bond donors (Lipinski definition) is 2. The highest BCUT2D eigenvalue weighted by molar-refractivity contribution is 6.30. The van der Waals surface area contributed by atoms with Gasteiger partial charge in [-0.05, 0) is 42.3 Å². The van der Waals surface area contributed by atoms with Gasteiger partial charge in [-0.3, -0.25) is 4.79 Å². The van der Waals surface area contributed by atoms with E-state index in [0.717, 1.165) is 22.6 Å². The van der Waals surface area contributed by atoms with Crippen LogP contribution in [0.2, 0.25) is 5.02 Å². The highest BCUT2D eigenvalue weighted by Crippen LogP contribution is 2.20. The van der Waals surface area contributed by atoms with Crippen molar-refractivity contribution in [2.45, 2.75) is 13.5 Å². The summed E-state index contributed by atoms with van der Waals surface area (Å²) in [5.41, 5.74) is 2.58. The van der Waals surface area contributed by atoms with Crippen molar-refractivity contribution in [3.63, 3.8) is 0 Å². The number of benzene rings is 2. The summed E-state index contributed by atoms with van der Waals surface area (Å²) in [4.78, 5) is 12.2. The molecule has 5 nitrogen and oxygen atoms in total. The lowest BCUT2D eigenvalue weighted by Gasteiger charge is -2.08. The summed E-state index contributed by atoms with van der Waals surface area (Å²) in [6, 6.07) is 14.6. The molecule has 2 aromatic carbocycles. The first-order valence-corrected chi connectivity index (χ1v) is 7.95. The first kappa shape index (κ1) is 18.4. The Morgan fingerprint density at radius 1 is 1.28 bits per heavy atom. The average molecular weight is 356 g/mol. The number of nitriles is 1. The van der Waals surface area contributed by atoms with Gasteiger partial charge in [-0.25, -0.2) is 0 Å². The minimum absolute atomic E-state index is 0.0205. The molecule has 2 aromatic rings. The molecule has 0 aromatic heterocycles. The summed E-state index contributed by atoms with van der Waals surface area (Å²) in [5.74, 6) is 0.291. The molecule has 0 spiro atoms. The van der Waals surface area contributed by atoms with Crippen molar-refractivity contribution in [3.05, 3.63) is 70.4 Å². The van der Waals surface area contributed by atoms with Gasteiger partial charge in [0.1, 0.15) is 17.4 Å². The van der Waals surface area contributed by atoms with Gasteiger partial charge < -0.3 is 15.4 Å². The van der Waals surface area contributed by atoms with Gasteiger partial charge in [-0.15, -0.1) is 0 Å². The molecule has 2 rings (SSSR count). The van der Waals surface area contributed by atoms with Crippen molar-refractivity contribution < 1.29 is 9.53 Å². The Balaban J connectivity index is 2.00. The van der Waals surface area contributed by atoms with Crippen molar-refractivity contribution in [1.29, 1.82) is 5.26 Å². The Morgan fingerprint density at radius 2 is 2.00 bits per heavy atom. The fraction of sp³-hybridized carbons (Fsp3) is 0.158. The lowest BCUT2D eigenvalue weighted by molar-refractivity contribution is -0.117. The van der Waals surface area contributed by atoms with Crippen LogP contribution in [0.25, 0.3) is 0 Å². The maximum absolute atomic E-state index is 12.2. The van der Waals surface area contributed by atoms with Crippen LogP contribution in [0.15, 0.2) is 54.2 Å². The number of hydrogen-bond acceptors (Lipinski definition) is 4. The number of ether oxygens (including phenoxy) is 1. The Labute approximate surface area is 151 Å². The molecular weight excluding hydrogens is 338 g/mol. The second-order valence-electron chi connectivity index (χ2n) is 5.30. The molecule has 0 heterocycles. The van der Waals surface area contributed by atoms with Crippen LogP contribution in [0, 0.1) is 18.3 Å². The average Bonchev–Trinajstić information content (AvgIpc) is 2.63. The number of nitrogens with zero attached hydrogens (tertiary/aromatic N) is 1. The standard InChI is InChI=1S/C19H18ClN3O2/c1-13-3-6-16(20)9-18(13)22-12-15(10-21)19(24)23-11-14-4-7-17(25-2)8-5-14/h3-9,12,22H,11H2,1-2H3,(H,23,24)/b15-12-. The third-order valence-electron chi connectivity index (χ3n) is 3.55. The van der Waals surface area contributed by atoms with Crippen LogP contribution in [0.1, 0.15) is 11.1 Å². The van der Waals surface area contributed by atoms with Crippen LogP contribution in [0.3, 0.4) is 0 Å². The zero-order valence-electron chi connectivity index (χ0n) is 14.0. The van der Waals surface area contributed by atoms with Crippen LogP contribution >= 0.6 is 11.6 Å². The minimum Gasteiger partial charge on any atom is -0.497 e. The minimum atomic E-state index is -0.453. The van der Waals surface area contributed by atoms with Gasteiger partial charge in [-0.2, -0.15) is 5.26 Å². The van der Waals surface area contributed by atoms with Gasteiger partial charge in [0.25, 0.3) is 5.91 Å². The predicted molar refractivity (Wildman–Crippen MR) is 98.3 cm³/mol. The van der Waals surface area contributed by atoms with E-state index in [0.29, 0.717) is 11.6 Å². The monoisotopic (exact) mass is 355 g/mol. The molecule has 0 fully saturated rings. The number of carbonyl (C=O) groups excluding carboxylic acids is 1. The molecule has 0 unspecified atom stereocenters. The first-order valence-electron chi connectivity index (χ1n) is 7.57. The molecule has 0 bridgehead atoms. The van der Waals surface area contributed by atoms with E-state index in [9.17, 15) is 10.1 Å². The Kier molecular flexibility index (Phi) is 6.44. The number of carbonyl (C=O) groups is 1. The Bertz CT molecular complexity index is 824. The molecule has 0 saturated heterocycles. The van der Waals surface area contributed by atoms with Gasteiger partial charge in [0.15, 0.2) is 0 Å². The highest BCUT2D eigenvalue weighted by Gasteiger charge is 2.09. The van der Waals surface area contributed by atoms with E-state index < -0.39 is 5.91 Å². The maximum Gasteiger partial charge on any atom is 0.263 e. The van der Waals surface area contributed by atoms with E-state index >= 15 is 0 Å². The summed E-state index contributed by atoms with van der Waals surface area (Å²) in [5, 5.41) is 15.4. The number of rotatable bonds is 6. The molecule has 1 amide bonds. The van der Waals surface area contributed by atoms with Gasteiger partial charge in [-0.1, -0.05) is 29.8 Å². The van der Waals surface area contributed by atoms with Crippen molar-refractivity contribution in [2.75, 3.05) is 12.4 Å². The van der Waals surface area contributed by atoms with Crippen LogP contribution < -0.4 is 15.4 Å². The summed E-state index contributed by atoms with van der Waals surface area (Å²) in [6.45, 7) is 2.22. The van der Waals surface area contributed by atoms with E-state index in [1.807, 2.05) is 43.3 Å². The Hall–Kier alpha value is -2.97. The number of aryl methyl sites for hydroxylation is 1. The summed E-state index contributed by atoms with van der Waals surface area (Å²) in [7, 11) is 1.59. The molecular formula is C19H18ClN3O2. The van der Waals surface area contributed by atoms with Crippen LogP contribution in [0.4, 0.5) is 5.69 Å². The summed E-state index contributed by atoms with van der Waals surface area (Å²) >= 11 is 5.95. The third kappa shape index (κ3) is 5.27.